The van der Waals surface area contributed by atoms with Gasteiger partial charge in [0.25, 0.3) is 0 Å². The van der Waals surface area contributed by atoms with Crippen molar-refractivity contribution in [1.29, 1.82) is 0 Å². The number of esters is 1. The van der Waals surface area contributed by atoms with Crippen LogP contribution < -0.4 is 10.6 Å². The van der Waals surface area contributed by atoms with E-state index in [0.29, 0.717) is 19.0 Å². The van der Waals surface area contributed by atoms with Crippen LogP contribution >= 0.6 is 0 Å². The van der Waals surface area contributed by atoms with Gasteiger partial charge in [0.2, 0.25) is 0 Å². The zero-order chi connectivity index (χ0) is 16.7. The molecule has 0 unspecified atom stereocenters. The van der Waals surface area contributed by atoms with Crippen LogP contribution in [-0.2, 0) is 14.9 Å². The summed E-state index contributed by atoms with van der Waals surface area (Å²) in [5.41, 5.74) is 0.957. The Hall–Kier alpha value is -2.11. The largest absolute Gasteiger partial charge is 0.469 e. The third-order valence-electron chi connectivity index (χ3n) is 4.02. The number of rotatable bonds is 7. The standard InChI is InChI=1S/C17H24FN3O2/c1-3-19-16(20-10-7-15(22)23-2)21-12-17(8-9-17)13-5-4-6-14(18)11-13/h4-6,11H,3,7-10,12H2,1-2H3,(H2,19,20,21). The van der Waals surface area contributed by atoms with Crippen LogP contribution in [0.1, 0.15) is 31.7 Å². The third-order valence-corrected chi connectivity index (χ3v) is 4.02. The van der Waals surface area contributed by atoms with Gasteiger partial charge in [-0.25, -0.2) is 4.39 Å². The van der Waals surface area contributed by atoms with Crippen LogP contribution in [-0.4, -0.2) is 38.7 Å². The number of aliphatic imine (C=N–C) groups is 1. The highest BCUT2D eigenvalue weighted by molar-refractivity contribution is 5.80. The van der Waals surface area contributed by atoms with Crippen molar-refractivity contribution in [2.75, 3.05) is 26.7 Å². The Morgan fingerprint density at radius 3 is 2.78 bits per heavy atom. The molecule has 2 rings (SSSR count). The molecule has 0 atom stereocenters. The number of hydrogen-bond donors (Lipinski definition) is 2. The van der Waals surface area contributed by atoms with Crippen LogP contribution in [0.15, 0.2) is 29.3 Å². The lowest BCUT2D eigenvalue weighted by atomic mass is 9.96. The number of ether oxygens (including phenoxy) is 1. The van der Waals surface area contributed by atoms with Crippen molar-refractivity contribution in [3.05, 3.63) is 35.6 Å². The molecule has 1 fully saturated rings. The average molecular weight is 321 g/mol. The van der Waals surface area contributed by atoms with Crippen LogP contribution in [0.25, 0.3) is 0 Å². The van der Waals surface area contributed by atoms with E-state index < -0.39 is 0 Å². The smallest absolute Gasteiger partial charge is 0.307 e. The zero-order valence-electron chi connectivity index (χ0n) is 13.7. The van der Waals surface area contributed by atoms with E-state index in [2.05, 4.69) is 20.4 Å². The van der Waals surface area contributed by atoms with Gasteiger partial charge in [-0.2, -0.15) is 0 Å². The van der Waals surface area contributed by atoms with Crippen LogP contribution in [0.4, 0.5) is 4.39 Å². The topological polar surface area (TPSA) is 62.7 Å². The zero-order valence-corrected chi connectivity index (χ0v) is 13.7. The van der Waals surface area contributed by atoms with E-state index in [0.717, 1.165) is 24.9 Å². The molecule has 1 aromatic carbocycles. The van der Waals surface area contributed by atoms with Crippen LogP contribution in [0.5, 0.6) is 0 Å². The Balaban J connectivity index is 1.95. The van der Waals surface area contributed by atoms with Gasteiger partial charge in [0.1, 0.15) is 5.82 Å². The summed E-state index contributed by atoms with van der Waals surface area (Å²) in [7, 11) is 1.37. The van der Waals surface area contributed by atoms with Crippen LogP contribution in [0.3, 0.4) is 0 Å². The molecule has 1 aromatic rings. The molecule has 0 aliphatic heterocycles. The summed E-state index contributed by atoms with van der Waals surface area (Å²) in [4.78, 5) is 15.7. The number of nitrogens with zero attached hydrogens (tertiary/aromatic N) is 1. The molecule has 0 amide bonds. The molecule has 0 aromatic heterocycles. The molecular formula is C17H24FN3O2. The van der Waals surface area contributed by atoms with E-state index in [9.17, 15) is 9.18 Å². The van der Waals surface area contributed by atoms with Gasteiger partial charge in [0, 0.05) is 18.5 Å². The lowest BCUT2D eigenvalue weighted by molar-refractivity contribution is -0.140. The molecule has 0 spiro atoms. The maximum Gasteiger partial charge on any atom is 0.307 e. The van der Waals surface area contributed by atoms with Gasteiger partial charge in [-0.05, 0) is 37.5 Å². The van der Waals surface area contributed by atoms with Crippen LogP contribution in [0, 0.1) is 5.82 Å². The van der Waals surface area contributed by atoms with Crippen molar-refractivity contribution >= 4 is 11.9 Å². The summed E-state index contributed by atoms with van der Waals surface area (Å²) in [6.45, 7) is 3.78. The molecule has 0 heterocycles. The summed E-state index contributed by atoms with van der Waals surface area (Å²) in [6, 6.07) is 6.76. The van der Waals surface area contributed by atoms with E-state index in [1.54, 1.807) is 12.1 Å². The van der Waals surface area contributed by atoms with Gasteiger partial charge >= 0.3 is 5.97 Å². The average Bonchev–Trinajstić information content (AvgIpc) is 3.33. The Labute approximate surface area is 136 Å². The predicted octanol–water partition coefficient (Wildman–Crippen LogP) is 1.98. The molecule has 0 saturated heterocycles. The first-order valence-electron chi connectivity index (χ1n) is 7.95. The number of guanidine groups is 1. The molecule has 1 saturated carbocycles. The van der Waals surface area contributed by atoms with Crippen molar-refractivity contribution in [3.63, 3.8) is 0 Å². The molecule has 5 nitrogen and oxygen atoms in total. The molecule has 0 bridgehead atoms. The van der Waals surface area contributed by atoms with Gasteiger partial charge in [-0.1, -0.05) is 12.1 Å². The maximum atomic E-state index is 13.4. The molecule has 126 valence electrons. The summed E-state index contributed by atoms with van der Waals surface area (Å²) >= 11 is 0. The van der Waals surface area contributed by atoms with Crippen molar-refractivity contribution in [2.45, 2.75) is 31.6 Å². The lowest BCUT2D eigenvalue weighted by Crippen LogP contribution is -2.39. The molecule has 2 N–H and O–H groups in total. The first kappa shape index (κ1) is 17.2. The first-order valence-corrected chi connectivity index (χ1v) is 7.95. The minimum atomic E-state index is -0.258. The monoisotopic (exact) mass is 321 g/mol. The van der Waals surface area contributed by atoms with Crippen molar-refractivity contribution in [2.24, 2.45) is 4.99 Å². The summed E-state index contributed by atoms with van der Waals surface area (Å²) in [6.07, 6.45) is 2.32. The number of carbonyl (C=O) groups excluding carboxylic acids is 1. The molecular weight excluding hydrogens is 297 g/mol. The number of methoxy groups -OCH3 is 1. The third kappa shape index (κ3) is 4.94. The highest BCUT2D eigenvalue weighted by Gasteiger charge is 2.44. The van der Waals surface area contributed by atoms with Gasteiger partial charge < -0.3 is 15.4 Å². The summed E-state index contributed by atoms with van der Waals surface area (Å²) < 4.78 is 18.0. The van der Waals surface area contributed by atoms with E-state index in [1.807, 2.05) is 13.0 Å². The Morgan fingerprint density at radius 1 is 1.39 bits per heavy atom. The fraction of sp³-hybridized carbons (Fsp3) is 0.529. The van der Waals surface area contributed by atoms with E-state index in [1.165, 1.54) is 13.2 Å². The highest BCUT2D eigenvalue weighted by Crippen LogP contribution is 2.48. The highest BCUT2D eigenvalue weighted by atomic mass is 19.1. The molecule has 1 aliphatic carbocycles. The minimum Gasteiger partial charge on any atom is -0.469 e. The maximum absolute atomic E-state index is 13.4. The van der Waals surface area contributed by atoms with Gasteiger partial charge in [-0.15, -0.1) is 0 Å². The second-order valence-corrected chi connectivity index (χ2v) is 5.74. The quantitative estimate of drug-likeness (QED) is 0.458. The Kier molecular flexibility index (Phi) is 5.96. The second-order valence-electron chi connectivity index (χ2n) is 5.74. The van der Waals surface area contributed by atoms with Crippen molar-refractivity contribution in [3.8, 4) is 0 Å². The van der Waals surface area contributed by atoms with Crippen LogP contribution in [0.2, 0.25) is 0 Å². The van der Waals surface area contributed by atoms with Gasteiger partial charge in [0.05, 0.1) is 20.1 Å². The molecule has 6 heteroatoms. The summed E-state index contributed by atoms with van der Waals surface area (Å²) in [5, 5.41) is 6.26. The molecule has 0 radical (unpaired) electrons. The molecule has 1 aliphatic rings. The number of hydrogen-bond acceptors (Lipinski definition) is 3. The second kappa shape index (κ2) is 7.94. The normalized spacial score (nSPS) is 15.9. The Bertz CT molecular complexity index is 571. The predicted molar refractivity (Wildman–Crippen MR) is 87.9 cm³/mol. The number of nitrogens with one attached hydrogen (secondary N) is 2. The number of carbonyl (C=O) groups is 1. The van der Waals surface area contributed by atoms with Gasteiger partial charge in [-0.3, -0.25) is 9.79 Å². The number of halogens is 1. The minimum absolute atomic E-state index is 0.0488. The van der Waals surface area contributed by atoms with Crippen molar-refractivity contribution in [1.82, 2.24) is 10.6 Å². The van der Waals surface area contributed by atoms with Crippen molar-refractivity contribution < 1.29 is 13.9 Å². The molecule has 23 heavy (non-hydrogen) atoms. The number of benzene rings is 1. The SMILES string of the molecule is CCNC(=NCC1(c2cccc(F)c2)CC1)NCCC(=O)OC. The first-order chi connectivity index (χ1) is 11.1. The lowest BCUT2D eigenvalue weighted by Gasteiger charge is -2.16. The van der Waals surface area contributed by atoms with E-state index >= 15 is 0 Å². The van der Waals surface area contributed by atoms with Gasteiger partial charge in [0.15, 0.2) is 5.96 Å². The summed E-state index contributed by atoms with van der Waals surface area (Å²) in [5.74, 6) is 0.201. The van der Waals surface area contributed by atoms with E-state index in [4.69, 9.17) is 0 Å². The fourth-order valence-electron chi connectivity index (χ4n) is 2.46. The fourth-order valence-corrected chi connectivity index (χ4v) is 2.46. The van der Waals surface area contributed by atoms with E-state index in [-0.39, 0.29) is 23.6 Å². The Morgan fingerprint density at radius 2 is 2.17 bits per heavy atom.